The van der Waals surface area contributed by atoms with Crippen molar-refractivity contribution in [1.82, 2.24) is 9.97 Å². The summed E-state index contributed by atoms with van der Waals surface area (Å²) in [5.74, 6) is 1.32. The summed E-state index contributed by atoms with van der Waals surface area (Å²) < 4.78 is 0. The van der Waals surface area contributed by atoms with E-state index in [-0.39, 0.29) is 0 Å². The molecule has 0 unspecified atom stereocenters. The minimum absolute atomic E-state index is 0.512. The topological polar surface area (TPSA) is 49.8 Å². The second-order valence-electron chi connectivity index (χ2n) is 4.75. The summed E-state index contributed by atoms with van der Waals surface area (Å²) in [5, 5.41) is 7.54. The molecule has 6 heteroatoms. The van der Waals surface area contributed by atoms with Crippen LogP contribution in [0.3, 0.4) is 0 Å². The van der Waals surface area contributed by atoms with E-state index >= 15 is 0 Å². The number of aryl methyl sites for hydroxylation is 1. The second kappa shape index (κ2) is 7.48. The van der Waals surface area contributed by atoms with Gasteiger partial charge >= 0.3 is 0 Å². The van der Waals surface area contributed by atoms with Crippen LogP contribution in [-0.4, -0.2) is 16.5 Å². The smallest absolute Gasteiger partial charge is 0.229 e. The molecule has 0 aliphatic carbocycles. The third kappa shape index (κ3) is 4.76. The van der Waals surface area contributed by atoms with Crippen LogP contribution in [0.4, 0.5) is 17.5 Å². The van der Waals surface area contributed by atoms with Crippen molar-refractivity contribution in [3.63, 3.8) is 0 Å². The molecule has 0 aliphatic rings. The average Bonchev–Trinajstić information content (AvgIpc) is 2.42. The van der Waals surface area contributed by atoms with E-state index < -0.39 is 0 Å². The number of nitrogens with zero attached hydrogens (tertiary/aromatic N) is 2. The third-order valence-electron chi connectivity index (χ3n) is 2.87. The Kier molecular flexibility index (Phi) is 5.65. The maximum Gasteiger partial charge on any atom is 0.229 e. The molecule has 0 atom stereocenters. The Morgan fingerprint density at radius 3 is 2.67 bits per heavy atom. The van der Waals surface area contributed by atoms with Crippen LogP contribution in [0.5, 0.6) is 0 Å². The van der Waals surface area contributed by atoms with Gasteiger partial charge < -0.3 is 10.6 Å². The minimum atomic E-state index is 0.512. The summed E-state index contributed by atoms with van der Waals surface area (Å²) in [5.41, 5.74) is 1.61. The summed E-state index contributed by atoms with van der Waals surface area (Å²) >= 11 is 12.0. The van der Waals surface area contributed by atoms with Crippen molar-refractivity contribution < 1.29 is 0 Å². The maximum atomic E-state index is 6.14. The highest BCUT2D eigenvalue weighted by atomic mass is 35.5. The molecule has 0 saturated carbocycles. The number of rotatable bonds is 6. The number of benzene rings is 1. The van der Waals surface area contributed by atoms with E-state index in [2.05, 4.69) is 27.5 Å². The van der Waals surface area contributed by atoms with Crippen LogP contribution < -0.4 is 10.6 Å². The monoisotopic (exact) mass is 324 g/mol. The molecule has 1 aromatic heterocycles. The van der Waals surface area contributed by atoms with Gasteiger partial charge in [0, 0.05) is 23.3 Å². The summed E-state index contributed by atoms with van der Waals surface area (Å²) in [6.07, 6.45) is 2.25. The maximum absolute atomic E-state index is 6.14. The van der Waals surface area contributed by atoms with Gasteiger partial charge in [-0.1, -0.05) is 36.5 Å². The van der Waals surface area contributed by atoms with E-state index in [9.17, 15) is 0 Å². The fourth-order valence-corrected chi connectivity index (χ4v) is 2.28. The molecule has 21 heavy (non-hydrogen) atoms. The Labute approximate surface area is 134 Å². The second-order valence-corrected chi connectivity index (χ2v) is 5.59. The molecule has 0 spiro atoms. The van der Waals surface area contributed by atoms with Crippen LogP contribution in [0.15, 0.2) is 24.3 Å². The first-order valence-electron chi connectivity index (χ1n) is 6.90. The van der Waals surface area contributed by atoms with Gasteiger partial charge in [-0.3, -0.25) is 0 Å². The molecule has 0 bridgehead atoms. The molecule has 0 amide bonds. The number of hydrogen-bond acceptors (Lipinski definition) is 4. The minimum Gasteiger partial charge on any atom is -0.370 e. The quantitative estimate of drug-likeness (QED) is 0.730. The Morgan fingerprint density at radius 2 is 1.95 bits per heavy atom. The molecule has 0 saturated heterocycles. The van der Waals surface area contributed by atoms with E-state index in [1.807, 2.05) is 13.0 Å². The highest BCUT2D eigenvalue weighted by molar-refractivity contribution is 6.36. The van der Waals surface area contributed by atoms with Gasteiger partial charge in [-0.25, -0.2) is 4.98 Å². The van der Waals surface area contributed by atoms with Crippen molar-refractivity contribution in [1.29, 1.82) is 0 Å². The number of unbranched alkanes of at least 4 members (excludes halogenated alkanes) is 1. The molecule has 1 aromatic carbocycles. The van der Waals surface area contributed by atoms with E-state index in [4.69, 9.17) is 23.2 Å². The molecule has 0 radical (unpaired) electrons. The van der Waals surface area contributed by atoms with Crippen LogP contribution in [0, 0.1) is 6.92 Å². The Morgan fingerprint density at radius 1 is 1.14 bits per heavy atom. The van der Waals surface area contributed by atoms with Crippen LogP contribution in [0.1, 0.15) is 25.5 Å². The van der Waals surface area contributed by atoms with Gasteiger partial charge in [0.15, 0.2) is 0 Å². The molecule has 0 fully saturated rings. The highest BCUT2D eigenvalue weighted by Gasteiger charge is 2.06. The number of anilines is 3. The van der Waals surface area contributed by atoms with Crippen molar-refractivity contribution in [2.24, 2.45) is 0 Å². The third-order valence-corrected chi connectivity index (χ3v) is 3.42. The molecule has 0 aliphatic heterocycles. The summed E-state index contributed by atoms with van der Waals surface area (Å²) in [7, 11) is 0. The summed E-state index contributed by atoms with van der Waals surface area (Å²) in [4.78, 5) is 8.81. The number of nitrogens with one attached hydrogen (secondary N) is 2. The van der Waals surface area contributed by atoms with Crippen LogP contribution in [0.2, 0.25) is 10.0 Å². The molecule has 2 rings (SSSR count). The molecular formula is C15H18Cl2N4. The zero-order valence-electron chi connectivity index (χ0n) is 12.1. The molecule has 4 nitrogen and oxygen atoms in total. The lowest BCUT2D eigenvalue weighted by atomic mass is 10.3. The van der Waals surface area contributed by atoms with Gasteiger partial charge in [0.1, 0.15) is 5.82 Å². The van der Waals surface area contributed by atoms with Crippen LogP contribution in [0.25, 0.3) is 0 Å². The average molecular weight is 325 g/mol. The van der Waals surface area contributed by atoms with E-state index in [1.165, 1.54) is 0 Å². The number of aromatic nitrogens is 2. The first-order valence-corrected chi connectivity index (χ1v) is 7.65. The van der Waals surface area contributed by atoms with E-state index in [1.54, 1.807) is 18.2 Å². The number of halogens is 2. The molecule has 112 valence electrons. The van der Waals surface area contributed by atoms with Gasteiger partial charge in [-0.05, 0) is 31.5 Å². The zero-order valence-corrected chi connectivity index (χ0v) is 13.6. The Hall–Kier alpha value is -1.52. The molecular weight excluding hydrogens is 307 g/mol. The zero-order chi connectivity index (χ0) is 15.2. The largest absolute Gasteiger partial charge is 0.370 e. The Balaban J connectivity index is 2.15. The SMILES string of the molecule is CCCCNc1cc(C)nc(Nc2ccc(Cl)cc2Cl)n1. The standard InChI is InChI=1S/C15H18Cl2N4/c1-3-4-7-18-14-8-10(2)19-15(21-14)20-13-6-5-11(16)9-12(13)17/h5-6,8-9H,3-4,7H2,1-2H3,(H2,18,19,20,21). The Bertz CT molecular complexity index is 617. The number of hydrogen-bond donors (Lipinski definition) is 2. The first kappa shape index (κ1) is 15.9. The van der Waals surface area contributed by atoms with Gasteiger partial charge in [0.25, 0.3) is 0 Å². The van der Waals surface area contributed by atoms with Crippen molar-refractivity contribution in [3.05, 3.63) is 40.0 Å². The van der Waals surface area contributed by atoms with Gasteiger partial charge in [0.2, 0.25) is 5.95 Å². The fourth-order valence-electron chi connectivity index (χ4n) is 1.82. The predicted molar refractivity (Wildman–Crippen MR) is 89.9 cm³/mol. The molecule has 2 N–H and O–H groups in total. The van der Waals surface area contributed by atoms with Crippen molar-refractivity contribution in [3.8, 4) is 0 Å². The molecule has 1 heterocycles. The van der Waals surface area contributed by atoms with E-state index in [0.29, 0.717) is 16.0 Å². The highest BCUT2D eigenvalue weighted by Crippen LogP contribution is 2.27. The van der Waals surface area contributed by atoms with Crippen molar-refractivity contribution in [2.45, 2.75) is 26.7 Å². The van der Waals surface area contributed by atoms with Crippen molar-refractivity contribution >= 4 is 40.7 Å². The lowest BCUT2D eigenvalue weighted by molar-refractivity contribution is 0.830. The predicted octanol–water partition coefficient (Wildman–Crippen LogP) is 5.05. The van der Waals surface area contributed by atoms with Gasteiger partial charge in [0.05, 0.1) is 10.7 Å². The lowest BCUT2D eigenvalue weighted by Crippen LogP contribution is -2.06. The molecule has 2 aromatic rings. The summed E-state index contributed by atoms with van der Waals surface area (Å²) in [6, 6.07) is 7.18. The lowest BCUT2D eigenvalue weighted by Gasteiger charge is -2.10. The van der Waals surface area contributed by atoms with Crippen LogP contribution >= 0.6 is 23.2 Å². The van der Waals surface area contributed by atoms with Crippen molar-refractivity contribution in [2.75, 3.05) is 17.2 Å². The van der Waals surface area contributed by atoms with E-state index in [0.717, 1.165) is 36.6 Å². The fraction of sp³-hybridized carbons (Fsp3) is 0.333. The van der Waals surface area contributed by atoms with Gasteiger partial charge in [-0.2, -0.15) is 4.98 Å². The van der Waals surface area contributed by atoms with Gasteiger partial charge in [-0.15, -0.1) is 0 Å². The normalized spacial score (nSPS) is 10.5. The van der Waals surface area contributed by atoms with Crippen LogP contribution in [-0.2, 0) is 0 Å². The first-order chi connectivity index (χ1) is 10.1. The summed E-state index contributed by atoms with van der Waals surface area (Å²) in [6.45, 7) is 4.98.